The molecule has 3 aromatic rings. The SMILES string of the molecule is COc1ccc2c3ccnc(C)c3n(C(C)C)c2c1. The van der Waals surface area contributed by atoms with Crippen molar-refractivity contribution in [1.29, 1.82) is 0 Å². The van der Waals surface area contributed by atoms with Gasteiger partial charge in [0.25, 0.3) is 0 Å². The van der Waals surface area contributed by atoms with Crippen molar-refractivity contribution >= 4 is 21.8 Å². The molecular weight excluding hydrogens is 236 g/mol. The highest BCUT2D eigenvalue weighted by atomic mass is 16.5. The van der Waals surface area contributed by atoms with Crippen LogP contribution in [0.1, 0.15) is 25.6 Å². The molecule has 0 saturated heterocycles. The van der Waals surface area contributed by atoms with Crippen molar-refractivity contribution in [2.24, 2.45) is 0 Å². The molecule has 0 radical (unpaired) electrons. The predicted octanol–water partition coefficient (Wildman–Crippen LogP) is 4.09. The maximum Gasteiger partial charge on any atom is 0.120 e. The average Bonchev–Trinajstić information content (AvgIpc) is 2.73. The first-order valence-corrected chi connectivity index (χ1v) is 6.56. The van der Waals surface area contributed by atoms with Gasteiger partial charge in [-0.05, 0) is 39.0 Å². The molecule has 0 saturated carbocycles. The van der Waals surface area contributed by atoms with Crippen molar-refractivity contribution in [3.63, 3.8) is 0 Å². The third kappa shape index (κ3) is 1.69. The Morgan fingerprint density at radius 1 is 1.16 bits per heavy atom. The van der Waals surface area contributed by atoms with Gasteiger partial charge < -0.3 is 9.30 Å². The van der Waals surface area contributed by atoms with Gasteiger partial charge in [-0.15, -0.1) is 0 Å². The lowest BCUT2D eigenvalue weighted by Gasteiger charge is -2.12. The third-order valence-corrected chi connectivity index (χ3v) is 3.62. The second-order valence-corrected chi connectivity index (χ2v) is 5.14. The molecule has 1 aromatic carbocycles. The quantitative estimate of drug-likeness (QED) is 0.688. The fourth-order valence-corrected chi connectivity index (χ4v) is 2.80. The molecule has 3 rings (SSSR count). The Balaban J connectivity index is 2.54. The van der Waals surface area contributed by atoms with E-state index < -0.39 is 0 Å². The highest BCUT2D eigenvalue weighted by Crippen LogP contribution is 2.34. The molecular formula is C16H18N2O. The fourth-order valence-electron chi connectivity index (χ4n) is 2.80. The van der Waals surface area contributed by atoms with Gasteiger partial charge >= 0.3 is 0 Å². The number of benzene rings is 1. The number of pyridine rings is 1. The second-order valence-electron chi connectivity index (χ2n) is 5.14. The van der Waals surface area contributed by atoms with E-state index in [1.807, 2.05) is 12.3 Å². The smallest absolute Gasteiger partial charge is 0.120 e. The van der Waals surface area contributed by atoms with E-state index in [9.17, 15) is 0 Å². The largest absolute Gasteiger partial charge is 0.497 e. The van der Waals surface area contributed by atoms with Gasteiger partial charge in [0.05, 0.1) is 23.8 Å². The number of aryl methyl sites for hydroxylation is 1. The van der Waals surface area contributed by atoms with E-state index in [2.05, 4.69) is 48.5 Å². The van der Waals surface area contributed by atoms with E-state index in [4.69, 9.17) is 4.74 Å². The predicted molar refractivity (Wildman–Crippen MR) is 78.9 cm³/mol. The zero-order chi connectivity index (χ0) is 13.6. The van der Waals surface area contributed by atoms with E-state index in [0.717, 1.165) is 11.4 Å². The summed E-state index contributed by atoms with van der Waals surface area (Å²) < 4.78 is 7.70. The number of hydrogen-bond donors (Lipinski definition) is 0. The highest BCUT2D eigenvalue weighted by molar-refractivity contribution is 6.09. The molecule has 0 amide bonds. The van der Waals surface area contributed by atoms with Crippen molar-refractivity contribution in [1.82, 2.24) is 9.55 Å². The first-order valence-electron chi connectivity index (χ1n) is 6.56. The van der Waals surface area contributed by atoms with Crippen LogP contribution in [-0.2, 0) is 0 Å². The second kappa shape index (κ2) is 4.26. The molecule has 0 aliphatic carbocycles. The summed E-state index contributed by atoms with van der Waals surface area (Å²) >= 11 is 0. The lowest BCUT2D eigenvalue weighted by Crippen LogP contribution is -2.01. The van der Waals surface area contributed by atoms with Gasteiger partial charge in [0.2, 0.25) is 0 Å². The molecule has 0 spiro atoms. The number of nitrogens with zero attached hydrogens (tertiary/aromatic N) is 2. The summed E-state index contributed by atoms with van der Waals surface area (Å²) in [7, 11) is 1.70. The monoisotopic (exact) mass is 254 g/mol. The Morgan fingerprint density at radius 3 is 2.63 bits per heavy atom. The van der Waals surface area contributed by atoms with Gasteiger partial charge in [0, 0.05) is 29.1 Å². The summed E-state index contributed by atoms with van der Waals surface area (Å²) in [5.74, 6) is 0.891. The van der Waals surface area contributed by atoms with Crippen molar-refractivity contribution in [2.45, 2.75) is 26.8 Å². The molecule has 3 heteroatoms. The Hall–Kier alpha value is -2.03. The normalized spacial score (nSPS) is 11.6. The summed E-state index contributed by atoms with van der Waals surface area (Å²) in [6.07, 6.45) is 1.88. The van der Waals surface area contributed by atoms with Crippen LogP contribution in [0.2, 0.25) is 0 Å². The summed E-state index contributed by atoms with van der Waals surface area (Å²) in [6, 6.07) is 8.73. The molecule has 0 aliphatic rings. The molecule has 0 N–H and O–H groups in total. The Morgan fingerprint density at radius 2 is 1.95 bits per heavy atom. The number of ether oxygens (including phenoxy) is 1. The lowest BCUT2D eigenvalue weighted by molar-refractivity contribution is 0.415. The molecule has 0 unspecified atom stereocenters. The maximum atomic E-state index is 5.35. The molecule has 19 heavy (non-hydrogen) atoms. The molecule has 0 aliphatic heterocycles. The average molecular weight is 254 g/mol. The van der Waals surface area contributed by atoms with Crippen LogP contribution in [-0.4, -0.2) is 16.7 Å². The molecule has 0 fully saturated rings. The minimum atomic E-state index is 0.384. The van der Waals surface area contributed by atoms with Crippen molar-refractivity contribution < 1.29 is 4.74 Å². The van der Waals surface area contributed by atoms with Gasteiger partial charge in [-0.2, -0.15) is 0 Å². The first kappa shape index (κ1) is 12.0. The fraction of sp³-hybridized carbons (Fsp3) is 0.312. The Kier molecular flexibility index (Phi) is 2.70. The zero-order valence-electron chi connectivity index (χ0n) is 11.8. The summed E-state index contributed by atoms with van der Waals surface area (Å²) in [5, 5.41) is 2.52. The van der Waals surface area contributed by atoms with E-state index in [1.54, 1.807) is 7.11 Å². The Bertz CT molecular complexity index is 756. The minimum absolute atomic E-state index is 0.384. The van der Waals surface area contributed by atoms with Gasteiger partial charge in [0.1, 0.15) is 5.75 Å². The van der Waals surface area contributed by atoms with Crippen molar-refractivity contribution in [3.05, 3.63) is 36.2 Å². The number of aromatic nitrogens is 2. The highest BCUT2D eigenvalue weighted by Gasteiger charge is 2.15. The molecule has 2 heterocycles. The molecule has 98 valence electrons. The van der Waals surface area contributed by atoms with E-state index in [1.165, 1.54) is 21.8 Å². The van der Waals surface area contributed by atoms with Gasteiger partial charge in [-0.25, -0.2) is 0 Å². The molecule has 0 atom stereocenters. The van der Waals surface area contributed by atoms with E-state index in [0.29, 0.717) is 6.04 Å². The van der Waals surface area contributed by atoms with Crippen LogP contribution >= 0.6 is 0 Å². The summed E-state index contributed by atoms with van der Waals surface area (Å²) in [5.41, 5.74) is 3.50. The third-order valence-electron chi connectivity index (χ3n) is 3.62. The topological polar surface area (TPSA) is 27.1 Å². The van der Waals surface area contributed by atoms with Crippen molar-refractivity contribution in [3.8, 4) is 5.75 Å². The number of methoxy groups -OCH3 is 1. The van der Waals surface area contributed by atoms with Crippen molar-refractivity contribution in [2.75, 3.05) is 7.11 Å². The van der Waals surface area contributed by atoms with Crippen LogP contribution in [0.3, 0.4) is 0 Å². The number of rotatable bonds is 2. The minimum Gasteiger partial charge on any atom is -0.497 e. The standard InChI is InChI=1S/C16H18N2O/c1-10(2)18-15-9-12(19-4)5-6-13(15)14-7-8-17-11(3)16(14)18/h5-10H,1-4H3. The van der Waals surface area contributed by atoms with Crippen LogP contribution in [0.25, 0.3) is 21.8 Å². The van der Waals surface area contributed by atoms with Crippen LogP contribution in [0.5, 0.6) is 5.75 Å². The van der Waals surface area contributed by atoms with Crippen LogP contribution in [0, 0.1) is 6.92 Å². The zero-order valence-corrected chi connectivity index (χ0v) is 11.8. The van der Waals surface area contributed by atoms with Gasteiger partial charge in [-0.1, -0.05) is 0 Å². The summed E-state index contributed by atoms with van der Waals surface area (Å²) in [4.78, 5) is 4.44. The Labute approximate surface area is 112 Å². The van der Waals surface area contributed by atoms with E-state index in [-0.39, 0.29) is 0 Å². The van der Waals surface area contributed by atoms with Gasteiger partial charge in [0.15, 0.2) is 0 Å². The van der Waals surface area contributed by atoms with Gasteiger partial charge in [-0.3, -0.25) is 4.98 Å². The molecule has 3 nitrogen and oxygen atoms in total. The first-order chi connectivity index (χ1) is 9.13. The summed E-state index contributed by atoms with van der Waals surface area (Å²) in [6.45, 7) is 6.47. The number of fused-ring (bicyclic) bond motifs is 3. The van der Waals surface area contributed by atoms with Crippen LogP contribution < -0.4 is 4.74 Å². The molecule has 2 aromatic heterocycles. The number of hydrogen-bond acceptors (Lipinski definition) is 2. The van der Waals surface area contributed by atoms with Crippen LogP contribution in [0.15, 0.2) is 30.5 Å². The maximum absolute atomic E-state index is 5.35. The molecule has 0 bridgehead atoms. The lowest BCUT2D eigenvalue weighted by atomic mass is 10.1. The van der Waals surface area contributed by atoms with E-state index >= 15 is 0 Å². The van der Waals surface area contributed by atoms with Crippen LogP contribution in [0.4, 0.5) is 0 Å².